The Balaban J connectivity index is 1.88. The molecule has 1 fully saturated rings. The highest BCUT2D eigenvalue weighted by Crippen LogP contribution is 2.40. The van der Waals surface area contributed by atoms with E-state index in [2.05, 4.69) is 9.46 Å². The SMILES string of the molecule is CCOC(=O)C1=CC2(CCC1S(=O)(=O)Nc1ccc(F)cc1Cl)OC[C@H](CC(=O)OC)O2. The Hall–Kier alpha value is -2.21. The lowest BCUT2D eigenvalue weighted by molar-refractivity contribution is -0.154. The minimum Gasteiger partial charge on any atom is -0.469 e. The number of hydrogen-bond donors (Lipinski definition) is 1. The van der Waals surface area contributed by atoms with Crippen molar-refractivity contribution in [3.8, 4) is 0 Å². The molecule has 1 saturated heterocycles. The van der Waals surface area contributed by atoms with E-state index in [1.54, 1.807) is 6.92 Å². The number of carbonyl (C=O) groups excluding carboxylic acids is 2. The standard InChI is InChI=1S/C20H23ClFNO8S/c1-3-29-19(25)14-10-20(30-11-13(31-20)9-18(24)28-2)7-6-17(14)32(26,27)23-16-5-4-12(22)8-15(16)21/h4-5,8,10,13,17,23H,3,6-7,9,11H2,1-2H3/t13-,17?,20?/m0/s1. The van der Waals surface area contributed by atoms with E-state index < -0.39 is 44.9 Å². The Morgan fingerprint density at radius 1 is 1.38 bits per heavy atom. The fourth-order valence-corrected chi connectivity index (χ4v) is 5.40. The minimum absolute atomic E-state index is 0.0249. The molecule has 1 aromatic carbocycles. The first kappa shape index (κ1) is 24.4. The number of esters is 2. The van der Waals surface area contributed by atoms with Gasteiger partial charge in [0.15, 0.2) is 5.79 Å². The van der Waals surface area contributed by atoms with Gasteiger partial charge in [0.25, 0.3) is 0 Å². The van der Waals surface area contributed by atoms with E-state index in [1.165, 1.54) is 19.3 Å². The van der Waals surface area contributed by atoms with Crippen molar-refractivity contribution >= 4 is 39.3 Å². The van der Waals surface area contributed by atoms with E-state index in [4.69, 9.17) is 25.8 Å². The van der Waals surface area contributed by atoms with Crippen LogP contribution in [0.5, 0.6) is 0 Å². The average molecular weight is 492 g/mol. The second-order valence-corrected chi connectivity index (χ2v) is 9.53. The largest absolute Gasteiger partial charge is 0.469 e. The van der Waals surface area contributed by atoms with Crippen molar-refractivity contribution in [1.82, 2.24) is 0 Å². The first-order chi connectivity index (χ1) is 15.1. The number of carbonyl (C=O) groups is 2. The Bertz CT molecular complexity index is 1030. The molecule has 3 rings (SSSR count). The van der Waals surface area contributed by atoms with Gasteiger partial charge in [-0.25, -0.2) is 17.6 Å². The quantitative estimate of drug-likeness (QED) is 0.578. The van der Waals surface area contributed by atoms with Crippen LogP contribution in [0.1, 0.15) is 26.2 Å². The Labute approximate surface area is 189 Å². The molecule has 1 heterocycles. The predicted molar refractivity (Wildman–Crippen MR) is 112 cm³/mol. The summed E-state index contributed by atoms with van der Waals surface area (Å²) in [5.74, 6) is -3.31. The maximum atomic E-state index is 13.3. The number of halogens is 2. The molecular weight excluding hydrogens is 469 g/mol. The third-order valence-corrected chi connectivity index (χ3v) is 7.10. The minimum atomic E-state index is -4.18. The number of methoxy groups -OCH3 is 1. The lowest BCUT2D eigenvalue weighted by Gasteiger charge is -2.33. The molecule has 0 bridgehead atoms. The lowest BCUT2D eigenvalue weighted by Crippen LogP contribution is -2.42. The average Bonchev–Trinajstić information content (AvgIpc) is 3.11. The summed E-state index contributed by atoms with van der Waals surface area (Å²) in [5.41, 5.74) is -0.189. The second-order valence-electron chi connectivity index (χ2n) is 7.26. The van der Waals surface area contributed by atoms with Crippen LogP contribution in [0, 0.1) is 5.82 Å². The smallest absolute Gasteiger partial charge is 0.335 e. The molecule has 0 saturated carbocycles. The van der Waals surface area contributed by atoms with Gasteiger partial charge >= 0.3 is 11.9 Å². The zero-order valence-electron chi connectivity index (χ0n) is 17.4. The molecule has 2 unspecified atom stereocenters. The van der Waals surface area contributed by atoms with Crippen LogP contribution in [-0.2, 0) is 38.6 Å². The van der Waals surface area contributed by atoms with E-state index in [1.807, 2.05) is 0 Å². The van der Waals surface area contributed by atoms with Crippen molar-refractivity contribution in [2.75, 3.05) is 25.0 Å². The summed E-state index contributed by atoms with van der Waals surface area (Å²) in [6.07, 6.45) is 0.710. The van der Waals surface area contributed by atoms with Crippen molar-refractivity contribution in [3.05, 3.63) is 40.7 Å². The highest BCUT2D eigenvalue weighted by molar-refractivity contribution is 7.93. The molecule has 1 aliphatic carbocycles. The molecule has 2 aliphatic rings. The van der Waals surface area contributed by atoms with E-state index in [0.717, 1.165) is 12.1 Å². The molecule has 32 heavy (non-hydrogen) atoms. The molecule has 0 amide bonds. The van der Waals surface area contributed by atoms with Crippen LogP contribution in [0.3, 0.4) is 0 Å². The van der Waals surface area contributed by atoms with Gasteiger partial charge in [-0.2, -0.15) is 0 Å². The number of sulfonamides is 1. The Morgan fingerprint density at radius 2 is 2.12 bits per heavy atom. The summed E-state index contributed by atoms with van der Waals surface area (Å²) in [6, 6.07) is 3.22. The lowest BCUT2D eigenvalue weighted by atomic mass is 9.94. The van der Waals surface area contributed by atoms with Crippen LogP contribution < -0.4 is 4.72 Å². The van der Waals surface area contributed by atoms with Crippen LogP contribution in [0.2, 0.25) is 5.02 Å². The van der Waals surface area contributed by atoms with Crippen LogP contribution >= 0.6 is 11.6 Å². The number of hydrogen-bond acceptors (Lipinski definition) is 8. The molecule has 0 aromatic heterocycles. The first-order valence-corrected chi connectivity index (χ1v) is 11.8. The maximum Gasteiger partial charge on any atom is 0.335 e. The van der Waals surface area contributed by atoms with Crippen LogP contribution in [0.25, 0.3) is 0 Å². The molecule has 9 nitrogen and oxygen atoms in total. The summed E-state index contributed by atoms with van der Waals surface area (Å²) >= 11 is 5.94. The molecule has 12 heteroatoms. The third-order valence-electron chi connectivity index (χ3n) is 5.05. The van der Waals surface area contributed by atoms with Crippen molar-refractivity contribution in [2.45, 2.75) is 43.3 Å². The number of rotatable bonds is 7. The summed E-state index contributed by atoms with van der Waals surface area (Å²) < 4.78 is 63.1. The van der Waals surface area contributed by atoms with Crippen LogP contribution in [0.4, 0.5) is 10.1 Å². The van der Waals surface area contributed by atoms with Crippen LogP contribution in [-0.4, -0.2) is 57.8 Å². The van der Waals surface area contributed by atoms with Gasteiger partial charge in [-0.3, -0.25) is 9.52 Å². The zero-order chi connectivity index (χ0) is 23.5. The van der Waals surface area contributed by atoms with Gasteiger partial charge in [0.2, 0.25) is 10.0 Å². The number of nitrogens with one attached hydrogen (secondary N) is 1. The van der Waals surface area contributed by atoms with Gasteiger partial charge in [-0.1, -0.05) is 11.6 Å². The summed E-state index contributed by atoms with van der Waals surface area (Å²) in [5, 5.41) is -1.42. The molecule has 1 aromatic rings. The summed E-state index contributed by atoms with van der Waals surface area (Å²) in [6.45, 7) is 1.69. The highest BCUT2D eigenvalue weighted by Gasteiger charge is 2.48. The highest BCUT2D eigenvalue weighted by atomic mass is 35.5. The normalized spacial score (nSPS) is 25.3. The molecule has 0 radical (unpaired) electrons. The summed E-state index contributed by atoms with van der Waals surface area (Å²) in [4.78, 5) is 24.2. The molecule has 1 spiro atoms. The topological polar surface area (TPSA) is 117 Å². The number of benzene rings is 1. The summed E-state index contributed by atoms with van der Waals surface area (Å²) in [7, 11) is -2.93. The van der Waals surface area contributed by atoms with Gasteiger partial charge in [0, 0.05) is 6.42 Å². The molecule has 1 aliphatic heterocycles. The van der Waals surface area contributed by atoms with E-state index in [9.17, 15) is 22.4 Å². The van der Waals surface area contributed by atoms with Crippen molar-refractivity contribution in [1.29, 1.82) is 0 Å². The van der Waals surface area contributed by atoms with Crippen molar-refractivity contribution in [2.24, 2.45) is 0 Å². The van der Waals surface area contributed by atoms with E-state index in [0.29, 0.717) is 0 Å². The van der Waals surface area contributed by atoms with E-state index >= 15 is 0 Å². The van der Waals surface area contributed by atoms with Gasteiger partial charge in [-0.15, -0.1) is 0 Å². The number of anilines is 1. The molecule has 3 atom stereocenters. The molecular formula is C20H23ClFNO8S. The maximum absolute atomic E-state index is 13.3. The van der Waals surface area contributed by atoms with Gasteiger partial charge < -0.3 is 18.9 Å². The third kappa shape index (κ3) is 5.40. The van der Waals surface area contributed by atoms with E-state index in [-0.39, 0.29) is 48.8 Å². The Kier molecular flexibility index (Phi) is 7.43. The van der Waals surface area contributed by atoms with Crippen LogP contribution in [0.15, 0.2) is 29.8 Å². The fourth-order valence-electron chi connectivity index (χ4n) is 3.57. The fraction of sp³-hybridized carbons (Fsp3) is 0.500. The van der Waals surface area contributed by atoms with Crippen molar-refractivity contribution in [3.63, 3.8) is 0 Å². The number of ether oxygens (including phenoxy) is 4. The van der Waals surface area contributed by atoms with Gasteiger partial charge in [-0.05, 0) is 37.6 Å². The predicted octanol–water partition coefficient (Wildman–Crippen LogP) is 2.55. The Morgan fingerprint density at radius 3 is 2.78 bits per heavy atom. The van der Waals surface area contributed by atoms with Crippen molar-refractivity contribution < 1.29 is 41.3 Å². The first-order valence-electron chi connectivity index (χ1n) is 9.84. The second kappa shape index (κ2) is 9.74. The molecule has 1 N–H and O–H groups in total. The van der Waals surface area contributed by atoms with Gasteiger partial charge in [0.1, 0.15) is 11.1 Å². The monoisotopic (exact) mass is 491 g/mol. The zero-order valence-corrected chi connectivity index (χ0v) is 19.0. The molecule has 176 valence electrons. The van der Waals surface area contributed by atoms with Gasteiger partial charge in [0.05, 0.1) is 49.1 Å².